The summed E-state index contributed by atoms with van der Waals surface area (Å²) < 4.78 is 0. The molecule has 0 aromatic heterocycles. The third-order valence-corrected chi connectivity index (χ3v) is 3.52. The van der Waals surface area contributed by atoms with Crippen LogP contribution in [0.2, 0.25) is 0 Å². The molecular formula is C18H29N3O2. The number of amides is 2. The largest absolute Gasteiger partial charge is 0.344 e. The van der Waals surface area contributed by atoms with Gasteiger partial charge in [-0.15, -0.1) is 0 Å². The van der Waals surface area contributed by atoms with Crippen LogP contribution in [0.1, 0.15) is 31.4 Å². The molecule has 0 saturated heterocycles. The monoisotopic (exact) mass is 319 g/mol. The molecule has 0 unspecified atom stereocenters. The van der Waals surface area contributed by atoms with Crippen LogP contribution in [0.4, 0.5) is 5.69 Å². The first-order chi connectivity index (χ1) is 10.7. The lowest BCUT2D eigenvalue weighted by Crippen LogP contribution is -2.46. The molecule has 0 aliphatic rings. The molecule has 0 aliphatic carbocycles. The molecule has 1 aromatic rings. The molecule has 5 heteroatoms. The van der Waals surface area contributed by atoms with Crippen molar-refractivity contribution >= 4 is 17.5 Å². The first kappa shape index (κ1) is 19.2. The standard InChI is InChI=1S/C18H29N3O2/c1-12(2)9-15(11-21(5)6)19-17(22)18(23)20-16-10-13(3)7-8-14(16)4/h7-8,10,12,15H,9,11H2,1-6H3,(H,19,22)(H,20,23)/t15-/m1/s1. The van der Waals surface area contributed by atoms with E-state index >= 15 is 0 Å². The molecule has 128 valence electrons. The number of anilines is 1. The average molecular weight is 319 g/mol. The van der Waals surface area contributed by atoms with Crippen LogP contribution in [0.5, 0.6) is 0 Å². The Hall–Kier alpha value is -1.88. The lowest BCUT2D eigenvalue weighted by Gasteiger charge is -2.23. The van der Waals surface area contributed by atoms with Gasteiger partial charge in [0.2, 0.25) is 0 Å². The summed E-state index contributed by atoms with van der Waals surface area (Å²) in [6.45, 7) is 8.77. The van der Waals surface area contributed by atoms with Gasteiger partial charge in [0.15, 0.2) is 0 Å². The van der Waals surface area contributed by atoms with Gasteiger partial charge < -0.3 is 15.5 Å². The molecular weight excluding hydrogens is 290 g/mol. The highest BCUT2D eigenvalue weighted by molar-refractivity contribution is 6.39. The Balaban J connectivity index is 2.70. The molecule has 1 rings (SSSR count). The highest BCUT2D eigenvalue weighted by atomic mass is 16.2. The lowest BCUT2D eigenvalue weighted by molar-refractivity contribution is -0.136. The number of hydrogen-bond donors (Lipinski definition) is 2. The maximum Gasteiger partial charge on any atom is 0.313 e. The smallest absolute Gasteiger partial charge is 0.313 e. The Morgan fingerprint density at radius 2 is 1.78 bits per heavy atom. The first-order valence-corrected chi connectivity index (χ1v) is 8.03. The minimum atomic E-state index is -0.619. The van der Waals surface area contributed by atoms with E-state index < -0.39 is 11.8 Å². The summed E-state index contributed by atoms with van der Waals surface area (Å²) in [6.07, 6.45) is 0.834. The zero-order valence-electron chi connectivity index (χ0n) is 15.1. The zero-order valence-corrected chi connectivity index (χ0v) is 15.1. The lowest BCUT2D eigenvalue weighted by atomic mass is 10.0. The number of nitrogens with zero attached hydrogens (tertiary/aromatic N) is 1. The molecule has 0 spiro atoms. The normalized spacial score (nSPS) is 12.3. The average Bonchev–Trinajstić information content (AvgIpc) is 2.41. The Kier molecular flexibility index (Phi) is 7.23. The quantitative estimate of drug-likeness (QED) is 0.791. The number of aryl methyl sites for hydroxylation is 2. The Morgan fingerprint density at radius 3 is 2.35 bits per heavy atom. The van der Waals surface area contributed by atoms with Crippen LogP contribution >= 0.6 is 0 Å². The molecule has 0 bridgehead atoms. The molecule has 0 radical (unpaired) electrons. The fourth-order valence-electron chi connectivity index (χ4n) is 2.49. The fourth-order valence-corrected chi connectivity index (χ4v) is 2.49. The minimum Gasteiger partial charge on any atom is -0.344 e. The van der Waals surface area contributed by atoms with Gasteiger partial charge in [0.25, 0.3) is 0 Å². The Bertz CT molecular complexity index is 543. The summed E-state index contributed by atoms with van der Waals surface area (Å²) >= 11 is 0. The molecule has 23 heavy (non-hydrogen) atoms. The van der Waals surface area contributed by atoms with Crippen LogP contribution in [0.15, 0.2) is 18.2 Å². The van der Waals surface area contributed by atoms with Crippen molar-refractivity contribution in [3.63, 3.8) is 0 Å². The topological polar surface area (TPSA) is 61.4 Å². The number of likely N-dealkylation sites (N-methyl/N-ethyl adjacent to an activating group) is 1. The van der Waals surface area contributed by atoms with Crippen molar-refractivity contribution in [1.29, 1.82) is 0 Å². The molecule has 2 N–H and O–H groups in total. The van der Waals surface area contributed by atoms with E-state index in [9.17, 15) is 9.59 Å². The predicted molar refractivity (Wildman–Crippen MR) is 94.5 cm³/mol. The van der Waals surface area contributed by atoms with Crippen molar-refractivity contribution in [2.75, 3.05) is 26.0 Å². The van der Waals surface area contributed by atoms with Gasteiger partial charge in [0, 0.05) is 18.3 Å². The highest BCUT2D eigenvalue weighted by Crippen LogP contribution is 2.16. The van der Waals surface area contributed by atoms with Gasteiger partial charge in [0.05, 0.1) is 0 Å². The summed E-state index contributed by atoms with van der Waals surface area (Å²) in [6, 6.07) is 5.73. The number of nitrogens with one attached hydrogen (secondary N) is 2. The van der Waals surface area contributed by atoms with E-state index in [4.69, 9.17) is 0 Å². The van der Waals surface area contributed by atoms with Gasteiger partial charge in [-0.2, -0.15) is 0 Å². The molecule has 0 aliphatic heterocycles. The Morgan fingerprint density at radius 1 is 1.13 bits per heavy atom. The van der Waals surface area contributed by atoms with Crippen LogP contribution in [0.25, 0.3) is 0 Å². The van der Waals surface area contributed by atoms with E-state index in [1.165, 1.54) is 0 Å². The van der Waals surface area contributed by atoms with Gasteiger partial charge in [-0.3, -0.25) is 9.59 Å². The number of carbonyl (C=O) groups is 2. The van der Waals surface area contributed by atoms with E-state index in [0.29, 0.717) is 18.2 Å². The van der Waals surface area contributed by atoms with E-state index in [1.807, 2.05) is 51.0 Å². The third-order valence-electron chi connectivity index (χ3n) is 3.52. The second kappa shape index (κ2) is 8.67. The summed E-state index contributed by atoms with van der Waals surface area (Å²) in [5.41, 5.74) is 2.65. The molecule has 1 atom stereocenters. The number of benzene rings is 1. The molecule has 0 saturated carbocycles. The van der Waals surface area contributed by atoms with Crippen molar-refractivity contribution in [3.05, 3.63) is 29.3 Å². The van der Waals surface area contributed by atoms with E-state index in [-0.39, 0.29) is 6.04 Å². The highest BCUT2D eigenvalue weighted by Gasteiger charge is 2.20. The fraction of sp³-hybridized carbons (Fsp3) is 0.556. The number of carbonyl (C=O) groups excluding carboxylic acids is 2. The van der Waals surface area contributed by atoms with Gasteiger partial charge in [0.1, 0.15) is 0 Å². The van der Waals surface area contributed by atoms with Gasteiger partial charge in [-0.1, -0.05) is 26.0 Å². The van der Waals surface area contributed by atoms with E-state index in [0.717, 1.165) is 17.5 Å². The van der Waals surface area contributed by atoms with E-state index in [1.54, 1.807) is 0 Å². The van der Waals surface area contributed by atoms with Crippen molar-refractivity contribution < 1.29 is 9.59 Å². The SMILES string of the molecule is Cc1ccc(C)c(NC(=O)C(=O)N[C@H](CC(C)C)CN(C)C)c1. The summed E-state index contributed by atoms with van der Waals surface area (Å²) in [5.74, 6) is -0.757. The zero-order chi connectivity index (χ0) is 17.6. The van der Waals surface area contributed by atoms with Gasteiger partial charge in [-0.25, -0.2) is 0 Å². The van der Waals surface area contributed by atoms with Gasteiger partial charge in [-0.05, 0) is 57.5 Å². The number of hydrogen-bond acceptors (Lipinski definition) is 3. The van der Waals surface area contributed by atoms with Crippen LogP contribution < -0.4 is 10.6 Å². The first-order valence-electron chi connectivity index (χ1n) is 8.03. The van der Waals surface area contributed by atoms with Crippen molar-refractivity contribution in [2.45, 2.75) is 40.2 Å². The van der Waals surface area contributed by atoms with Crippen molar-refractivity contribution in [1.82, 2.24) is 10.2 Å². The second-order valence-corrected chi connectivity index (χ2v) is 6.83. The van der Waals surface area contributed by atoms with Crippen LogP contribution in [-0.2, 0) is 9.59 Å². The predicted octanol–water partition coefficient (Wildman–Crippen LogP) is 2.33. The molecule has 0 heterocycles. The maximum absolute atomic E-state index is 12.2. The maximum atomic E-state index is 12.2. The molecule has 2 amide bonds. The molecule has 1 aromatic carbocycles. The van der Waals surface area contributed by atoms with Crippen molar-refractivity contribution in [3.8, 4) is 0 Å². The van der Waals surface area contributed by atoms with Crippen LogP contribution in [0.3, 0.4) is 0 Å². The van der Waals surface area contributed by atoms with Crippen LogP contribution in [-0.4, -0.2) is 43.4 Å². The molecule has 0 fully saturated rings. The summed E-state index contributed by atoms with van der Waals surface area (Å²) in [7, 11) is 3.91. The van der Waals surface area contributed by atoms with Gasteiger partial charge >= 0.3 is 11.8 Å². The summed E-state index contributed by atoms with van der Waals surface area (Å²) in [5, 5.41) is 5.54. The minimum absolute atomic E-state index is 0.0399. The van der Waals surface area contributed by atoms with E-state index in [2.05, 4.69) is 24.5 Å². The van der Waals surface area contributed by atoms with Crippen LogP contribution in [0, 0.1) is 19.8 Å². The Labute approximate surface area is 139 Å². The third kappa shape index (κ3) is 6.82. The van der Waals surface area contributed by atoms with Crippen molar-refractivity contribution in [2.24, 2.45) is 5.92 Å². The second-order valence-electron chi connectivity index (χ2n) is 6.83. The number of rotatable bonds is 6. The summed E-state index contributed by atoms with van der Waals surface area (Å²) in [4.78, 5) is 26.3. The molecule has 5 nitrogen and oxygen atoms in total.